The van der Waals surface area contributed by atoms with Gasteiger partial charge in [0, 0.05) is 5.02 Å². The summed E-state index contributed by atoms with van der Waals surface area (Å²) in [6.45, 7) is -0.714. The molecule has 0 aromatic heterocycles. The van der Waals surface area contributed by atoms with E-state index in [1.807, 2.05) is 0 Å². The van der Waals surface area contributed by atoms with E-state index in [2.05, 4.69) is 5.32 Å². The number of anilines is 1. The predicted molar refractivity (Wildman–Crippen MR) is 91.7 cm³/mol. The van der Waals surface area contributed by atoms with Crippen LogP contribution in [0.4, 0.5) is 11.4 Å². The van der Waals surface area contributed by atoms with E-state index in [-0.39, 0.29) is 33.5 Å². The molecule has 136 valence electrons. The third-order valence-corrected chi connectivity index (χ3v) is 3.42. The minimum atomic E-state index is -0.968. The van der Waals surface area contributed by atoms with Crippen LogP contribution in [0.2, 0.25) is 5.02 Å². The van der Waals surface area contributed by atoms with E-state index in [4.69, 9.17) is 21.1 Å². The topological polar surface area (TPSA) is 128 Å². The van der Waals surface area contributed by atoms with Crippen LogP contribution in [0.1, 0.15) is 10.4 Å². The first-order valence-electron chi connectivity index (χ1n) is 7.09. The fraction of sp³-hybridized carbons (Fsp3) is 0.125. The average molecular weight is 381 g/mol. The van der Waals surface area contributed by atoms with Crippen molar-refractivity contribution < 1.29 is 29.1 Å². The van der Waals surface area contributed by atoms with Gasteiger partial charge in [-0.2, -0.15) is 0 Å². The molecule has 2 rings (SSSR count). The number of amides is 1. The third-order valence-electron chi connectivity index (χ3n) is 3.19. The lowest BCUT2D eigenvalue weighted by Crippen LogP contribution is -2.21. The number of ether oxygens (including phenoxy) is 2. The Morgan fingerprint density at radius 1 is 1.27 bits per heavy atom. The van der Waals surface area contributed by atoms with Crippen LogP contribution in [0.25, 0.3) is 0 Å². The highest BCUT2D eigenvalue weighted by atomic mass is 35.5. The molecule has 0 unspecified atom stereocenters. The smallest absolute Gasteiger partial charge is 0.342 e. The van der Waals surface area contributed by atoms with E-state index in [9.17, 15) is 24.8 Å². The summed E-state index contributed by atoms with van der Waals surface area (Å²) in [7, 11) is 1.35. The second-order valence-electron chi connectivity index (χ2n) is 4.93. The van der Waals surface area contributed by atoms with Crippen LogP contribution in [0.15, 0.2) is 36.4 Å². The van der Waals surface area contributed by atoms with E-state index in [1.54, 1.807) is 0 Å². The van der Waals surface area contributed by atoms with Gasteiger partial charge in [0.15, 0.2) is 6.61 Å². The molecule has 0 atom stereocenters. The van der Waals surface area contributed by atoms with Crippen LogP contribution in [-0.2, 0) is 9.53 Å². The predicted octanol–water partition coefficient (Wildman–Crippen LogP) is 2.76. The molecule has 0 fully saturated rings. The van der Waals surface area contributed by atoms with Crippen LogP contribution in [0.5, 0.6) is 11.5 Å². The van der Waals surface area contributed by atoms with Gasteiger partial charge in [0.25, 0.3) is 11.6 Å². The molecule has 1 amide bonds. The molecule has 0 aliphatic heterocycles. The summed E-state index contributed by atoms with van der Waals surface area (Å²) in [6, 6.07) is 7.64. The number of nitrogens with zero attached hydrogens (tertiary/aromatic N) is 1. The van der Waals surface area contributed by atoms with Crippen molar-refractivity contribution in [1.29, 1.82) is 0 Å². The summed E-state index contributed by atoms with van der Waals surface area (Å²) in [5.41, 5.74) is -0.667. The maximum atomic E-state index is 11.9. The largest absolute Gasteiger partial charge is 0.507 e. The Hall–Kier alpha value is -3.33. The zero-order chi connectivity index (χ0) is 19.3. The van der Waals surface area contributed by atoms with Crippen molar-refractivity contribution in [1.82, 2.24) is 0 Å². The number of hydrogen-bond donors (Lipinski definition) is 2. The highest BCUT2D eigenvalue weighted by Crippen LogP contribution is 2.29. The Balaban J connectivity index is 2.04. The molecule has 0 saturated heterocycles. The first-order chi connectivity index (χ1) is 12.3. The monoisotopic (exact) mass is 380 g/mol. The van der Waals surface area contributed by atoms with Crippen molar-refractivity contribution in [3.8, 4) is 11.5 Å². The number of hydrogen-bond acceptors (Lipinski definition) is 7. The number of phenolic OH excluding ortho intramolecular Hbond substituents is 1. The molecule has 10 heteroatoms. The van der Waals surface area contributed by atoms with Crippen molar-refractivity contribution in [2.75, 3.05) is 19.0 Å². The van der Waals surface area contributed by atoms with Gasteiger partial charge in [-0.15, -0.1) is 0 Å². The number of carbonyl (C=O) groups excluding carboxylic acids is 2. The zero-order valence-electron chi connectivity index (χ0n) is 13.4. The van der Waals surface area contributed by atoms with E-state index in [0.717, 1.165) is 6.07 Å². The van der Waals surface area contributed by atoms with Crippen molar-refractivity contribution in [3.05, 3.63) is 57.1 Å². The Bertz CT molecular complexity index is 870. The Labute approximate surface area is 152 Å². The molecule has 26 heavy (non-hydrogen) atoms. The molecule has 0 aliphatic rings. The standard InChI is InChI=1S/C16H13ClN2O7/c1-25-10-3-4-12(13(7-10)19(23)24)18-15(21)8-26-16(22)11-6-9(17)2-5-14(11)20/h2-7,20H,8H2,1H3,(H,18,21). The lowest BCUT2D eigenvalue weighted by molar-refractivity contribution is -0.384. The molecule has 2 aromatic carbocycles. The lowest BCUT2D eigenvalue weighted by Gasteiger charge is -2.09. The summed E-state index contributed by atoms with van der Waals surface area (Å²) in [5, 5.41) is 23.1. The van der Waals surface area contributed by atoms with Crippen molar-refractivity contribution >= 4 is 34.9 Å². The number of nitro groups is 1. The molecule has 0 saturated carbocycles. The minimum Gasteiger partial charge on any atom is -0.507 e. The van der Waals surface area contributed by atoms with Gasteiger partial charge < -0.3 is 19.9 Å². The Morgan fingerprint density at radius 2 is 2.00 bits per heavy atom. The number of rotatable bonds is 6. The summed E-state index contributed by atoms with van der Waals surface area (Å²) < 4.78 is 9.67. The summed E-state index contributed by atoms with van der Waals surface area (Å²) >= 11 is 5.73. The molecule has 0 bridgehead atoms. The molecule has 2 N–H and O–H groups in total. The molecular weight excluding hydrogens is 368 g/mol. The molecule has 0 aliphatic carbocycles. The number of nitro benzene ring substituents is 1. The molecule has 0 spiro atoms. The average Bonchev–Trinajstić information content (AvgIpc) is 2.61. The highest BCUT2D eigenvalue weighted by molar-refractivity contribution is 6.31. The van der Waals surface area contributed by atoms with Gasteiger partial charge in [-0.25, -0.2) is 4.79 Å². The van der Waals surface area contributed by atoms with Crippen LogP contribution < -0.4 is 10.1 Å². The van der Waals surface area contributed by atoms with E-state index in [1.165, 1.54) is 37.4 Å². The number of carbonyl (C=O) groups is 2. The number of nitrogens with one attached hydrogen (secondary N) is 1. The number of methoxy groups -OCH3 is 1. The van der Waals surface area contributed by atoms with Crippen molar-refractivity contribution in [3.63, 3.8) is 0 Å². The third kappa shape index (κ3) is 4.61. The molecule has 9 nitrogen and oxygen atoms in total. The van der Waals surface area contributed by atoms with Gasteiger partial charge >= 0.3 is 5.97 Å². The molecule has 2 aromatic rings. The first-order valence-corrected chi connectivity index (χ1v) is 7.47. The second-order valence-corrected chi connectivity index (χ2v) is 5.36. The fourth-order valence-electron chi connectivity index (χ4n) is 1.96. The number of halogens is 1. The van der Waals surface area contributed by atoms with Gasteiger partial charge in [-0.05, 0) is 30.3 Å². The van der Waals surface area contributed by atoms with Gasteiger partial charge in [-0.1, -0.05) is 11.6 Å². The zero-order valence-corrected chi connectivity index (χ0v) is 14.1. The number of aromatic hydroxyl groups is 1. The van der Waals surface area contributed by atoms with Gasteiger partial charge in [-0.3, -0.25) is 14.9 Å². The maximum absolute atomic E-state index is 11.9. The molecule has 0 heterocycles. The lowest BCUT2D eigenvalue weighted by atomic mass is 10.2. The van der Waals surface area contributed by atoms with E-state index >= 15 is 0 Å². The fourth-order valence-corrected chi connectivity index (χ4v) is 2.13. The van der Waals surface area contributed by atoms with Gasteiger partial charge in [0.2, 0.25) is 0 Å². The van der Waals surface area contributed by atoms with E-state index in [0.29, 0.717) is 0 Å². The van der Waals surface area contributed by atoms with Crippen molar-refractivity contribution in [2.24, 2.45) is 0 Å². The summed E-state index contributed by atoms with van der Waals surface area (Å²) in [6.07, 6.45) is 0. The minimum absolute atomic E-state index is 0.0811. The Morgan fingerprint density at radius 3 is 2.65 bits per heavy atom. The van der Waals surface area contributed by atoms with Crippen LogP contribution >= 0.6 is 11.6 Å². The van der Waals surface area contributed by atoms with E-state index < -0.39 is 23.4 Å². The number of esters is 1. The number of phenols is 1. The second kappa shape index (κ2) is 8.17. The first kappa shape index (κ1) is 19.0. The molecular formula is C16H13ClN2O7. The van der Waals surface area contributed by atoms with Gasteiger partial charge in [0.05, 0.1) is 18.1 Å². The maximum Gasteiger partial charge on any atom is 0.342 e. The van der Waals surface area contributed by atoms with Crippen LogP contribution in [0.3, 0.4) is 0 Å². The normalized spacial score (nSPS) is 10.1. The molecule has 0 radical (unpaired) electrons. The summed E-state index contributed by atoms with van der Waals surface area (Å²) in [4.78, 5) is 34.2. The summed E-state index contributed by atoms with van der Waals surface area (Å²) in [5.74, 6) is -1.87. The van der Waals surface area contributed by atoms with Crippen LogP contribution in [-0.4, -0.2) is 35.6 Å². The Kier molecular flexibility index (Phi) is 5.97. The SMILES string of the molecule is COc1ccc(NC(=O)COC(=O)c2cc(Cl)ccc2O)c([N+](=O)[O-])c1. The van der Waals surface area contributed by atoms with Crippen molar-refractivity contribution in [2.45, 2.75) is 0 Å². The van der Waals surface area contributed by atoms with Crippen LogP contribution in [0, 0.1) is 10.1 Å². The highest BCUT2D eigenvalue weighted by Gasteiger charge is 2.19. The van der Waals surface area contributed by atoms with Gasteiger partial charge in [0.1, 0.15) is 22.7 Å². The quantitative estimate of drug-likeness (QED) is 0.448. The number of benzene rings is 2.